The van der Waals surface area contributed by atoms with Crippen LogP contribution in [0.3, 0.4) is 0 Å². The van der Waals surface area contributed by atoms with Crippen molar-refractivity contribution in [2.45, 2.75) is 18.9 Å². The van der Waals surface area contributed by atoms with Gasteiger partial charge in [-0.2, -0.15) is 0 Å². The van der Waals surface area contributed by atoms with Crippen molar-refractivity contribution in [3.63, 3.8) is 0 Å². The van der Waals surface area contributed by atoms with Gasteiger partial charge in [0, 0.05) is 12.8 Å². The minimum absolute atomic E-state index is 0.0269. The fraction of sp³-hybridized carbons (Fsp3) is 0.500. The van der Waals surface area contributed by atoms with Crippen LogP contribution in [0.25, 0.3) is 0 Å². The zero-order chi connectivity index (χ0) is 11.7. The van der Waals surface area contributed by atoms with Crippen molar-refractivity contribution in [3.05, 3.63) is 18.3 Å². The molecule has 3 heterocycles. The average molecular weight is 234 g/mol. The van der Waals surface area contributed by atoms with Gasteiger partial charge in [-0.05, 0) is 25.0 Å². The topological polar surface area (TPSA) is 51.7 Å². The van der Waals surface area contributed by atoms with Gasteiger partial charge in [0.05, 0.1) is 12.6 Å². The van der Waals surface area contributed by atoms with E-state index in [4.69, 9.17) is 9.47 Å². The summed E-state index contributed by atoms with van der Waals surface area (Å²) in [5, 5.41) is 0. The molecule has 1 atom stereocenters. The lowest BCUT2D eigenvalue weighted by Crippen LogP contribution is -2.43. The van der Waals surface area contributed by atoms with Crippen molar-refractivity contribution >= 4 is 11.6 Å². The summed E-state index contributed by atoms with van der Waals surface area (Å²) in [6.07, 6.45) is 3.90. The second-order valence-electron chi connectivity index (χ2n) is 4.26. The summed E-state index contributed by atoms with van der Waals surface area (Å²) < 4.78 is 10.9. The highest BCUT2D eigenvalue weighted by Gasteiger charge is 2.29. The van der Waals surface area contributed by atoms with Gasteiger partial charge in [-0.3, -0.25) is 4.79 Å². The fourth-order valence-corrected chi connectivity index (χ4v) is 2.23. The van der Waals surface area contributed by atoms with Crippen LogP contribution >= 0.6 is 0 Å². The molecule has 1 fully saturated rings. The second kappa shape index (κ2) is 4.33. The van der Waals surface area contributed by atoms with Crippen LogP contribution in [0, 0.1) is 0 Å². The average Bonchev–Trinajstić information content (AvgIpc) is 2.86. The first-order chi connectivity index (χ1) is 8.34. The third-order valence-corrected chi connectivity index (χ3v) is 3.09. The molecule has 1 saturated heterocycles. The van der Waals surface area contributed by atoms with Gasteiger partial charge in [0.15, 0.2) is 6.61 Å². The number of rotatable bonds is 2. The largest absolute Gasteiger partial charge is 0.466 e. The zero-order valence-corrected chi connectivity index (χ0v) is 9.46. The Balaban J connectivity index is 1.84. The minimum Gasteiger partial charge on any atom is -0.466 e. The predicted molar refractivity (Wildman–Crippen MR) is 61.1 cm³/mol. The normalized spacial score (nSPS) is 23.4. The van der Waals surface area contributed by atoms with Gasteiger partial charge in [0.25, 0.3) is 5.91 Å². The molecule has 0 spiro atoms. The van der Waals surface area contributed by atoms with Crippen molar-refractivity contribution in [1.82, 2.24) is 4.98 Å². The summed E-state index contributed by atoms with van der Waals surface area (Å²) >= 11 is 0. The highest BCUT2D eigenvalue weighted by molar-refractivity contribution is 5.97. The van der Waals surface area contributed by atoms with E-state index in [1.807, 2.05) is 12.1 Å². The number of fused-ring (bicyclic) bond motifs is 1. The van der Waals surface area contributed by atoms with Crippen molar-refractivity contribution in [1.29, 1.82) is 0 Å². The first kappa shape index (κ1) is 10.5. The van der Waals surface area contributed by atoms with Gasteiger partial charge >= 0.3 is 0 Å². The lowest BCUT2D eigenvalue weighted by Gasteiger charge is -2.30. The molecular formula is C12H14N2O3. The highest BCUT2D eigenvalue weighted by atomic mass is 16.5. The number of amides is 1. The summed E-state index contributed by atoms with van der Waals surface area (Å²) in [7, 11) is 0. The van der Waals surface area contributed by atoms with Gasteiger partial charge in [-0.25, -0.2) is 4.98 Å². The third-order valence-electron chi connectivity index (χ3n) is 3.09. The van der Waals surface area contributed by atoms with E-state index in [0.717, 1.165) is 25.1 Å². The molecule has 1 aromatic rings. The van der Waals surface area contributed by atoms with Gasteiger partial charge in [-0.1, -0.05) is 0 Å². The molecule has 2 aliphatic rings. The van der Waals surface area contributed by atoms with Crippen LogP contribution in [0.4, 0.5) is 5.69 Å². The molecule has 0 aliphatic carbocycles. The first-order valence-corrected chi connectivity index (χ1v) is 5.84. The lowest BCUT2D eigenvalue weighted by atomic mass is 10.2. The Morgan fingerprint density at radius 2 is 2.47 bits per heavy atom. The molecule has 0 bridgehead atoms. The maximum absolute atomic E-state index is 11.9. The second-order valence-corrected chi connectivity index (χ2v) is 4.26. The molecule has 2 aliphatic heterocycles. The van der Waals surface area contributed by atoms with Crippen molar-refractivity contribution < 1.29 is 14.3 Å². The SMILES string of the molecule is O=C1COc2ncccc2N1CC1CCCO1. The van der Waals surface area contributed by atoms with E-state index in [9.17, 15) is 4.79 Å². The Bertz CT molecular complexity index is 430. The Labute approximate surface area is 99.3 Å². The highest BCUT2D eigenvalue weighted by Crippen LogP contribution is 2.30. The van der Waals surface area contributed by atoms with E-state index in [1.165, 1.54) is 0 Å². The molecule has 3 rings (SSSR count). The van der Waals surface area contributed by atoms with Crippen LogP contribution in [0.5, 0.6) is 5.88 Å². The van der Waals surface area contributed by atoms with Gasteiger partial charge in [0.2, 0.25) is 5.88 Å². The van der Waals surface area contributed by atoms with Crippen molar-refractivity contribution in [2.75, 3.05) is 24.7 Å². The molecule has 5 heteroatoms. The molecule has 90 valence electrons. The van der Waals surface area contributed by atoms with E-state index < -0.39 is 0 Å². The summed E-state index contributed by atoms with van der Waals surface area (Å²) in [5.41, 5.74) is 0.749. The van der Waals surface area contributed by atoms with Crippen LogP contribution < -0.4 is 9.64 Å². The van der Waals surface area contributed by atoms with E-state index in [-0.39, 0.29) is 18.6 Å². The van der Waals surface area contributed by atoms with E-state index >= 15 is 0 Å². The predicted octanol–water partition coefficient (Wildman–Crippen LogP) is 0.986. The van der Waals surface area contributed by atoms with Crippen LogP contribution in [0.2, 0.25) is 0 Å². The summed E-state index contributed by atoms with van der Waals surface area (Å²) in [5.74, 6) is 0.506. The number of pyridine rings is 1. The monoisotopic (exact) mass is 234 g/mol. The Morgan fingerprint density at radius 3 is 3.29 bits per heavy atom. The van der Waals surface area contributed by atoms with Crippen LogP contribution in [0.15, 0.2) is 18.3 Å². The van der Waals surface area contributed by atoms with Crippen LogP contribution in [-0.4, -0.2) is 36.8 Å². The fourth-order valence-electron chi connectivity index (χ4n) is 2.23. The summed E-state index contributed by atoms with van der Waals surface area (Å²) in [6.45, 7) is 1.46. The van der Waals surface area contributed by atoms with Gasteiger partial charge in [-0.15, -0.1) is 0 Å². The molecule has 5 nitrogen and oxygen atoms in total. The van der Waals surface area contributed by atoms with Crippen LogP contribution in [0.1, 0.15) is 12.8 Å². The maximum Gasteiger partial charge on any atom is 0.265 e. The number of carbonyl (C=O) groups excluding carboxylic acids is 1. The molecule has 1 amide bonds. The lowest BCUT2D eigenvalue weighted by molar-refractivity contribution is -0.121. The Morgan fingerprint density at radius 1 is 1.53 bits per heavy atom. The van der Waals surface area contributed by atoms with E-state index in [2.05, 4.69) is 4.98 Å². The molecule has 1 unspecified atom stereocenters. The number of nitrogens with zero attached hydrogens (tertiary/aromatic N) is 2. The van der Waals surface area contributed by atoms with Crippen LogP contribution in [-0.2, 0) is 9.53 Å². The minimum atomic E-state index is -0.0269. The number of hydrogen-bond acceptors (Lipinski definition) is 4. The van der Waals surface area contributed by atoms with Gasteiger partial charge in [0.1, 0.15) is 5.69 Å². The molecule has 0 N–H and O–H groups in total. The molecule has 0 radical (unpaired) electrons. The number of carbonyl (C=O) groups is 1. The van der Waals surface area contributed by atoms with Crippen molar-refractivity contribution in [2.24, 2.45) is 0 Å². The smallest absolute Gasteiger partial charge is 0.265 e. The molecule has 0 saturated carbocycles. The third kappa shape index (κ3) is 1.98. The number of anilines is 1. The Hall–Kier alpha value is -1.62. The number of aromatic nitrogens is 1. The quantitative estimate of drug-likeness (QED) is 0.765. The van der Waals surface area contributed by atoms with Crippen molar-refractivity contribution in [3.8, 4) is 5.88 Å². The summed E-state index contributed by atoms with van der Waals surface area (Å²) in [4.78, 5) is 17.7. The van der Waals surface area contributed by atoms with Gasteiger partial charge < -0.3 is 14.4 Å². The zero-order valence-electron chi connectivity index (χ0n) is 9.46. The standard InChI is InChI=1S/C12H14N2O3/c15-11-8-17-12-10(4-1-5-13-12)14(11)7-9-3-2-6-16-9/h1,4-5,9H,2-3,6-8H2. The molecule has 17 heavy (non-hydrogen) atoms. The summed E-state index contributed by atoms with van der Waals surface area (Å²) in [6, 6.07) is 3.66. The molecular weight excluding hydrogens is 220 g/mol. The molecule has 1 aromatic heterocycles. The molecule has 0 aromatic carbocycles. The number of ether oxygens (including phenoxy) is 2. The van der Waals surface area contributed by atoms with E-state index in [1.54, 1.807) is 11.1 Å². The maximum atomic E-state index is 11.9. The number of hydrogen-bond donors (Lipinski definition) is 0. The Kier molecular flexibility index (Phi) is 2.68. The van der Waals surface area contributed by atoms with E-state index in [0.29, 0.717) is 12.4 Å². The first-order valence-electron chi connectivity index (χ1n) is 5.84.